The summed E-state index contributed by atoms with van der Waals surface area (Å²) in [6.45, 7) is 0.138. The Balaban J connectivity index is 2.36. The van der Waals surface area contributed by atoms with Crippen molar-refractivity contribution in [3.63, 3.8) is 0 Å². The van der Waals surface area contributed by atoms with E-state index in [1.165, 1.54) is 24.3 Å². The summed E-state index contributed by atoms with van der Waals surface area (Å²) < 4.78 is 40.3. The van der Waals surface area contributed by atoms with Crippen LogP contribution in [0.2, 0.25) is 5.02 Å². The third kappa shape index (κ3) is 3.27. The lowest BCUT2D eigenvalue weighted by atomic mass is 10.2. The van der Waals surface area contributed by atoms with Crippen molar-refractivity contribution in [3.8, 4) is 0 Å². The number of anilines is 1. The summed E-state index contributed by atoms with van der Waals surface area (Å²) >= 11 is 5.77. The second kappa shape index (κ2) is 5.78. The molecule has 2 aromatic carbocycles. The summed E-state index contributed by atoms with van der Waals surface area (Å²) in [7, 11) is -4.01. The van der Waals surface area contributed by atoms with E-state index in [0.29, 0.717) is 10.6 Å². The fourth-order valence-corrected chi connectivity index (χ4v) is 2.95. The van der Waals surface area contributed by atoms with Gasteiger partial charge in [-0.15, -0.1) is 0 Å². The highest BCUT2D eigenvalue weighted by Crippen LogP contribution is 2.21. The summed E-state index contributed by atoms with van der Waals surface area (Å²) in [6, 6.07) is 9.91. The Morgan fingerprint density at radius 2 is 1.95 bits per heavy atom. The predicted octanol–water partition coefficient (Wildman–Crippen LogP) is 2.74. The lowest BCUT2D eigenvalue weighted by molar-refractivity contribution is 0.569. The first-order valence-corrected chi connectivity index (χ1v) is 7.55. The fraction of sp³-hybridized carbons (Fsp3) is 0.0769. The second-order valence-electron chi connectivity index (χ2n) is 4.08. The first-order chi connectivity index (χ1) is 9.42. The Morgan fingerprint density at radius 3 is 2.55 bits per heavy atom. The Kier molecular flexibility index (Phi) is 4.27. The zero-order valence-corrected chi connectivity index (χ0v) is 11.9. The molecule has 0 heterocycles. The Morgan fingerprint density at radius 1 is 1.20 bits per heavy atom. The van der Waals surface area contributed by atoms with Crippen LogP contribution < -0.4 is 10.5 Å². The topological polar surface area (TPSA) is 72.2 Å². The van der Waals surface area contributed by atoms with E-state index in [9.17, 15) is 12.8 Å². The van der Waals surface area contributed by atoms with Gasteiger partial charge in [0.05, 0.1) is 5.69 Å². The highest BCUT2D eigenvalue weighted by molar-refractivity contribution is 7.92. The summed E-state index contributed by atoms with van der Waals surface area (Å²) in [5.74, 6) is -0.845. The standard InChI is InChI=1S/C13H12ClFN2O2S/c14-10-2-1-3-11(7-10)17-20(18,19)13-5-4-9(8-16)6-12(13)15/h1-7,17H,8,16H2. The molecule has 0 unspecified atom stereocenters. The van der Waals surface area contributed by atoms with E-state index in [2.05, 4.69) is 4.72 Å². The highest BCUT2D eigenvalue weighted by atomic mass is 35.5. The van der Waals surface area contributed by atoms with Gasteiger partial charge in [0.25, 0.3) is 10.0 Å². The van der Waals surface area contributed by atoms with Crippen molar-refractivity contribution in [3.05, 3.63) is 58.9 Å². The van der Waals surface area contributed by atoms with E-state index in [4.69, 9.17) is 17.3 Å². The lowest BCUT2D eigenvalue weighted by Crippen LogP contribution is -2.15. The van der Waals surface area contributed by atoms with Gasteiger partial charge in [0.2, 0.25) is 0 Å². The van der Waals surface area contributed by atoms with Crippen molar-refractivity contribution in [2.45, 2.75) is 11.4 Å². The maximum atomic E-state index is 13.8. The van der Waals surface area contributed by atoms with Gasteiger partial charge in [-0.25, -0.2) is 12.8 Å². The molecule has 0 radical (unpaired) electrons. The predicted molar refractivity (Wildman–Crippen MR) is 76.6 cm³/mol. The van der Waals surface area contributed by atoms with Crippen LogP contribution in [0, 0.1) is 5.82 Å². The molecule has 7 heteroatoms. The van der Waals surface area contributed by atoms with Crippen molar-refractivity contribution in [1.29, 1.82) is 0 Å². The minimum absolute atomic E-state index is 0.138. The van der Waals surface area contributed by atoms with Crippen molar-refractivity contribution in [2.75, 3.05) is 4.72 Å². The monoisotopic (exact) mass is 314 g/mol. The SMILES string of the molecule is NCc1ccc(S(=O)(=O)Nc2cccc(Cl)c2)c(F)c1. The van der Waals surface area contributed by atoms with Crippen LogP contribution in [-0.2, 0) is 16.6 Å². The highest BCUT2D eigenvalue weighted by Gasteiger charge is 2.19. The quantitative estimate of drug-likeness (QED) is 0.911. The molecule has 3 N–H and O–H groups in total. The lowest BCUT2D eigenvalue weighted by Gasteiger charge is -2.10. The zero-order valence-electron chi connectivity index (χ0n) is 10.3. The molecule has 20 heavy (non-hydrogen) atoms. The van der Waals surface area contributed by atoms with E-state index in [-0.39, 0.29) is 12.2 Å². The molecule has 0 spiro atoms. The Labute approximate surface area is 121 Å². The van der Waals surface area contributed by atoms with E-state index >= 15 is 0 Å². The molecule has 0 aromatic heterocycles. The number of nitrogens with two attached hydrogens (primary N) is 1. The van der Waals surface area contributed by atoms with Gasteiger partial charge in [-0.2, -0.15) is 0 Å². The average Bonchev–Trinajstić information content (AvgIpc) is 2.37. The van der Waals surface area contributed by atoms with Crippen molar-refractivity contribution in [2.24, 2.45) is 5.73 Å². The van der Waals surface area contributed by atoms with Gasteiger partial charge in [-0.05, 0) is 35.9 Å². The van der Waals surface area contributed by atoms with Gasteiger partial charge in [0.15, 0.2) is 0 Å². The van der Waals surface area contributed by atoms with Gasteiger partial charge in [0, 0.05) is 11.6 Å². The fourth-order valence-electron chi connectivity index (χ4n) is 1.65. The van der Waals surface area contributed by atoms with Crippen LogP contribution in [0.15, 0.2) is 47.4 Å². The summed E-state index contributed by atoms with van der Waals surface area (Å²) in [5, 5.41) is 0.379. The molecule has 0 aliphatic heterocycles. The Hall–Kier alpha value is -1.63. The summed E-state index contributed by atoms with van der Waals surface area (Å²) in [4.78, 5) is -0.435. The van der Waals surface area contributed by atoms with Crippen LogP contribution in [0.4, 0.5) is 10.1 Å². The largest absolute Gasteiger partial charge is 0.326 e. The van der Waals surface area contributed by atoms with Crippen LogP contribution in [0.3, 0.4) is 0 Å². The van der Waals surface area contributed by atoms with Gasteiger partial charge in [-0.1, -0.05) is 23.7 Å². The summed E-state index contributed by atoms with van der Waals surface area (Å²) in [5.41, 5.74) is 6.15. The minimum atomic E-state index is -4.01. The summed E-state index contributed by atoms with van der Waals surface area (Å²) in [6.07, 6.45) is 0. The second-order valence-corrected chi connectivity index (χ2v) is 6.17. The molecule has 0 bridgehead atoms. The first kappa shape index (κ1) is 14.8. The van der Waals surface area contributed by atoms with E-state index in [0.717, 1.165) is 6.07 Å². The number of hydrogen-bond acceptors (Lipinski definition) is 3. The molecule has 0 saturated carbocycles. The number of benzene rings is 2. The first-order valence-electron chi connectivity index (χ1n) is 5.69. The molecular weight excluding hydrogens is 303 g/mol. The zero-order chi connectivity index (χ0) is 14.8. The molecule has 106 valence electrons. The number of halogens is 2. The average molecular weight is 315 g/mol. The molecular formula is C13H12ClFN2O2S. The maximum absolute atomic E-state index is 13.8. The van der Waals surface area contributed by atoms with E-state index < -0.39 is 20.7 Å². The van der Waals surface area contributed by atoms with Gasteiger partial charge in [0.1, 0.15) is 10.7 Å². The van der Waals surface area contributed by atoms with Gasteiger partial charge < -0.3 is 5.73 Å². The number of sulfonamides is 1. The molecule has 0 aliphatic rings. The van der Waals surface area contributed by atoms with E-state index in [1.54, 1.807) is 12.1 Å². The third-order valence-corrected chi connectivity index (χ3v) is 4.25. The third-order valence-electron chi connectivity index (χ3n) is 2.60. The van der Waals surface area contributed by atoms with Gasteiger partial charge in [-0.3, -0.25) is 4.72 Å². The van der Waals surface area contributed by atoms with Crippen LogP contribution in [0.1, 0.15) is 5.56 Å². The molecule has 2 aromatic rings. The Bertz CT molecular complexity index is 735. The maximum Gasteiger partial charge on any atom is 0.264 e. The number of rotatable bonds is 4. The van der Waals surface area contributed by atoms with Crippen LogP contribution in [0.5, 0.6) is 0 Å². The minimum Gasteiger partial charge on any atom is -0.326 e. The normalized spacial score (nSPS) is 11.3. The van der Waals surface area contributed by atoms with Crippen molar-refractivity contribution < 1.29 is 12.8 Å². The van der Waals surface area contributed by atoms with Crippen LogP contribution >= 0.6 is 11.6 Å². The van der Waals surface area contributed by atoms with Crippen molar-refractivity contribution >= 4 is 27.3 Å². The molecule has 4 nitrogen and oxygen atoms in total. The van der Waals surface area contributed by atoms with Gasteiger partial charge >= 0.3 is 0 Å². The number of nitrogens with one attached hydrogen (secondary N) is 1. The van der Waals surface area contributed by atoms with Crippen LogP contribution in [-0.4, -0.2) is 8.42 Å². The number of hydrogen-bond donors (Lipinski definition) is 2. The van der Waals surface area contributed by atoms with E-state index in [1.807, 2.05) is 0 Å². The molecule has 0 amide bonds. The molecule has 0 fully saturated rings. The molecule has 0 aliphatic carbocycles. The van der Waals surface area contributed by atoms with Crippen molar-refractivity contribution in [1.82, 2.24) is 0 Å². The molecule has 2 rings (SSSR count). The molecule has 0 saturated heterocycles. The van der Waals surface area contributed by atoms with Crippen LogP contribution in [0.25, 0.3) is 0 Å². The molecule has 0 atom stereocenters. The smallest absolute Gasteiger partial charge is 0.264 e.